The van der Waals surface area contributed by atoms with E-state index in [1.165, 1.54) is 16.3 Å². The van der Waals surface area contributed by atoms with Crippen LogP contribution in [-0.2, 0) is 48.0 Å². The zero-order valence-electron chi connectivity index (χ0n) is 38.3. The van der Waals surface area contributed by atoms with E-state index in [0.29, 0.717) is 49.3 Å². The molecule has 1 aliphatic carbocycles. The third-order valence-electron chi connectivity index (χ3n) is 13.8. The normalized spacial score (nSPS) is 25.9. The molecule has 1 aromatic carbocycles. The molecule has 0 radical (unpaired) electrons. The first kappa shape index (κ1) is 45.0. The van der Waals surface area contributed by atoms with Crippen molar-refractivity contribution in [2.45, 2.75) is 97.5 Å². The van der Waals surface area contributed by atoms with Gasteiger partial charge in [0.2, 0.25) is 11.8 Å². The number of aryl methyl sites for hydroxylation is 1. The van der Waals surface area contributed by atoms with E-state index in [4.69, 9.17) is 19.4 Å². The molecule has 7 atom stereocenters. The van der Waals surface area contributed by atoms with Gasteiger partial charge in [0.1, 0.15) is 23.9 Å². The van der Waals surface area contributed by atoms with Crippen molar-refractivity contribution in [2.24, 2.45) is 29.1 Å². The Balaban J connectivity index is 1.18. The summed E-state index contributed by atoms with van der Waals surface area (Å²) in [7, 11) is 5.49. The highest BCUT2D eigenvalue weighted by Gasteiger charge is 2.60. The smallest absolute Gasteiger partial charge is 0.259 e. The zero-order valence-corrected chi connectivity index (χ0v) is 39.1. The van der Waals surface area contributed by atoms with Crippen LogP contribution in [-0.4, -0.2) is 125 Å². The average molecular weight is 881 g/mol. The molecular weight excluding hydrogens is 817 g/mol. The van der Waals surface area contributed by atoms with Crippen molar-refractivity contribution in [3.05, 3.63) is 58.2 Å². The van der Waals surface area contributed by atoms with Crippen LogP contribution in [0.4, 0.5) is 0 Å². The third kappa shape index (κ3) is 8.71. The fourth-order valence-corrected chi connectivity index (χ4v) is 11.4. The molecule has 6 bridgehead atoms. The number of aromatic nitrogens is 3. The number of likely N-dealkylation sites (tertiary alicyclic amines) is 1. The number of hydrogen-bond acceptors (Lipinski definition) is 11. The number of thiazole rings is 1. The lowest BCUT2D eigenvalue weighted by Crippen LogP contribution is -2.66. The van der Waals surface area contributed by atoms with Gasteiger partial charge in [-0.1, -0.05) is 33.8 Å². The molecule has 6 heterocycles. The number of hydrogen-bond donors (Lipinski definition) is 2. The predicted octanol–water partition coefficient (Wildman–Crippen LogP) is 5.54. The quantitative estimate of drug-likeness (QED) is 0.195. The van der Waals surface area contributed by atoms with Crippen molar-refractivity contribution < 1.29 is 28.7 Å². The van der Waals surface area contributed by atoms with Gasteiger partial charge < -0.3 is 34.0 Å². The second kappa shape index (κ2) is 17.8. The first-order valence-corrected chi connectivity index (χ1v) is 23.4. The number of amides is 3. The number of piperidine rings is 1. The number of rotatable bonds is 10. The Hall–Kier alpha value is -4.54. The van der Waals surface area contributed by atoms with Crippen LogP contribution in [0.2, 0.25) is 0 Å². The zero-order chi connectivity index (χ0) is 45.0. The van der Waals surface area contributed by atoms with Crippen molar-refractivity contribution in [2.75, 3.05) is 54.1 Å². The molecule has 3 aromatic heterocycles. The van der Waals surface area contributed by atoms with Gasteiger partial charge in [0.25, 0.3) is 5.91 Å². The molecule has 15 heteroatoms. The van der Waals surface area contributed by atoms with E-state index in [1.807, 2.05) is 38.4 Å². The third-order valence-corrected chi connectivity index (χ3v) is 14.7. The fraction of sp³-hybridized carbons (Fsp3) is 0.583. The Morgan fingerprint density at radius 3 is 2.62 bits per heavy atom. The number of benzene rings is 1. The van der Waals surface area contributed by atoms with E-state index in [0.717, 1.165) is 70.6 Å². The molecule has 8 rings (SSSR count). The summed E-state index contributed by atoms with van der Waals surface area (Å²) in [6.07, 6.45) is 4.26. The summed E-state index contributed by atoms with van der Waals surface area (Å²) in [5.74, 6) is -0.437. The second-order valence-electron chi connectivity index (χ2n) is 19.5. The number of hydrazine groups is 1. The highest BCUT2D eigenvalue weighted by atomic mass is 32.1. The van der Waals surface area contributed by atoms with Gasteiger partial charge in [0.15, 0.2) is 0 Å². The lowest BCUT2D eigenvalue weighted by Gasteiger charge is -2.42. The molecule has 1 saturated carbocycles. The Bertz CT molecular complexity index is 2360. The largest absolute Gasteiger partial charge is 0.378 e. The second-order valence-corrected chi connectivity index (χ2v) is 20.5. The summed E-state index contributed by atoms with van der Waals surface area (Å²) in [5, 5.41) is 8.35. The Morgan fingerprint density at radius 1 is 1.16 bits per heavy atom. The molecule has 4 aromatic rings. The van der Waals surface area contributed by atoms with Crippen LogP contribution in [0.25, 0.3) is 33.4 Å². The van der Waals surface area contributed by atoms with Crippen LogP contribution in [0.1, 0.15) is 76.8 Å². The lowest BCUT2D eigenvalue weighted by atomic mass is 9.84. The van der Waals surface area contributed by atoms with Crippen molar-refractivity contribution >= 4 is 46.2 Å². The minimum atomic E-state index is -1.15. The van der Waals surface area contributed by atoms with Gasteiger partial charge in [-0.15, -0.1) is 11.3 Å². The molecule has 2 saturated heterocycles. The van der Waals surface area contributed by atoms with Crippen LogP contribution in [0.15, 0.2) is 41.9 Å². The summed E-state index contributed by atoms with van der Waals surface area (Å²) < 4.78 is 14.7. The van der Waals surface area contributed by atoms with E-state index in [9.17, 15) is 19.2 Å². The maximum atomic E-state index is 14.7. The van der Waals surface area contributed by atoms with Crippen LogP contribution in [0.5, 0.6) is 0 Å². The Kier molecular flexibility index (Phi) is 12.7. The number of nitrogens with one attached hydrogen (secondary N) is 2. The van der Waals surface area contributed by atoms with Crippen LogP contribution >= 0.6 is 11.3 Å². The van der Waals surface area contributed by atoms with Gasteiger partial charge in [-0.2, -0.15) is 0 Å². The molecule has 0 unspecified atom stereocenters. The molecule has 3 fully saturated rings. The van der Waals surface area contributed by atoms with Crippen molar-refractivity contribution in [3.63, 3.8) is 0 Å². The SMILES string of the molecule is CCn1c(-c2cccnc2[C@H](C)OC)c2c3cc(ccc31)-c1csc(n1)C[C@H](NC(=O)[C@H](C(C)C)N(C)C(=O)[C@@H]1[C@@H]3CN(C)C[C@@H]31)C(=O)N1CCC[C@](C=O)(COCC(C)(C)C2)N1. The molecule has 338 valence electrons. The molecule has 4 aliphatic rings. The van der Waals surface area contributed by atoms with E-state index < -0.39 is 23.5 Å². The number of ether oxygens (including phenoxy) is 2. The molecule has 63 heavy (non-hydrogen) atoms. The highest BCUT2D eigenvalue weighted by molar-refractivity contribution is 7.10. The van der Waals surface area contributed by atoms with Crippen molar-refractivity contribution in [1.82, 2.24) is 40.1 Å². The molecule has 0 spiro atoms. The van der Waals surface area contributed by atoms with Crippen molar-refractivity contribution in [3.8, 4) is 22.5 Å². The predicted molar refractivity (Wildman–Crippen MR) is 244 cm³/mol. The van der Waals surface area contributed by atoms with Crippen LogP contribution in [0.3, 0.4) is 0 Å². The minimum absolute atomic E-state index is 0.0175. The summed E-state index contributed by atoms with van der Waals surface area (Å²) in [6, 6.07) is 8.76. The maximum Gasteiger partial charge on any atom is 0.259 e. The number of aldehydes is 1. The monoisotopic (exact) mass is 880 g/mol. The number of methoxy groups -OCH3 is 1. The lowest BCUT2D eigenvalue weighted by molar-refractivity contribution is -0.148. The number of carbonyl (C=O) groups is 4. The van der Waals surface area contributed by atoms with Gasteiger partial charge in [-0.3, -0.25) is 24.4 Å². The van der Waals surface area contributed by atoms with E-state index in [-0.39, 0.29) is 48.2 Å². The summed E-state index contributed by atoms with van der Waals surface area (Å²) >= 11 is 1.44. The van der Waals surface area contributed by atoms with Gasteiger partial charge in [0.05, 0.1) is 41.4 Å². The average Bonchev–Trinajstić information content (AvgIpc) is 3.56. The number of likely N-dealkylation sites (N-methyl/N-ethyl adjacent to an activating group) is 1. The minimum Gasteiger partial charge on any atom is -0.378 e. The van der Waals surface area contributed by atoms with Gasteiger partial charge in [-0.25, -0.2) is 10.4 Å². The standard InChI is InChI=1S/C48H64N8O6S/c1-10-55-38-15-14-30-19-32(38)33(43(55)31-13-11-17-49-41(31)29(4)61-9)21-47(5,6)26-62-27-48(25-57)16-12-18-56(52-48)45(59)36(20-39-50-37(30)24-63-39)51-44(58)42(28(2)3)54(8)46(60)40-34-22-53(7)23-35(34)40/h11,13-15,17,19,24-25,28-29,34-36,40,42,52H,10,12,16,18,20-23,26-27H2,1-9H3,(H,51,58)/t29-,34-,35+,36-,40-,42-,48-/m0/s1. The van der Waals surface area contributed by atoms with Crippen molar-refractivity contribution in [1.29, 1.82) is 0 Å². The number of fused-ring (bicyclic) bond motifs is 7. The first-order chi connectivity index (χ1) is 30.1. The van der Waals surface area contributed by atoms with E-state index in [1.54, 1.807) is 19.1 Å². The highest BCUT2D eigenvalue weighted by Crippen LogP contribution is 2.52. The molecular formula is C48H64N8O6S. The molecule has 2 N–H and O–H groups in total. The van der Waals surface area contributed by atoms with E-state index >= 15 is 0 Å². The van der Waals surface area contributed by atoms with Gasteiger partial charge in [0, 0.05) is 86.3 Å². The van der Waals surface area contributed by atoms with Crippen LogP contribution in [0, 0.1) is 29.1 Å². The number of pyridine rings is 1. The molecule has 3 aliphatic heterocycles. The topological polar surface area (TPSA) is 151 Å². The van der Waals surface area contributed by atoms with Gasteiger partial charge >= 0.3 is 0 Å². The first-order valence-electron chi connectivity index (χ1n) is 22.6. The molecule has 14 nitrogen and oxygen atoms in total. The molecule has 3 amide bonds. The number of nitrogens with zero attached hydrogens (tertiary/aromatic N) is 6. The van der Waals surface area contributed by atoms with E-state index in [2.05, 4.69) is 72.3 Å². The Morgan fingerprint density at radius 2 is 1.92 bits per heavy atom. The Labute approximate surface area is 375 Å². The fourth-order valence-electron chi connectivity index (χ4n) is 10.6. The van der Waals surface area contributed by atoms with Gasteiger partial charge in [-0.05, 0) is 93.2 Å². The summed E-state index contributed by atoms with van der Waals surface area (Å²) in [5.41, 5.74) is 8.65. The maximum absolute atomic E-state index is 14.7. The summed E-state index contributed by atoms with van der Waals surface area (Å²) in [4.78, 5) is 69.8. The van der Waals surface area contributed by atoms with Crippen LogP contribution < -0.4 is 10.7 Å². The summed E-state index contributed by atoms with van der Waals surface area (Å²) in [6.45, 7) is 15.6. The number of carbonyl (C=O) groups excluding carboxylic acids is 4.